The van der Waals surface area contributed by atoms with Gasteiger partial charge in [0.05, 0.1) is 17.5 Å². The van der Waals surface area contributed by atoms with Gasteiger partial charge in [-0.15, -0.1) is 21.5 Å². The van der Waals surface area contributed by atoms with Gasteiger partial charge < -0.3 is 4.57 Å². The third-order valence-corrected chi connectivity index (χ3v) is 5.09. The maximum atomic E-state index is 12.1. The predicted molar refractivity (Wildman–Crippen MR) is 86.4 cm³/mol. The van der Waals surface area contributed by atoms with Crippen LogP contribution in [0.3, 0.4) is 0 Å². The van der Waals surface area contributed by atoms with Crippen LogP contribution < -0.4 is 0 Å². The van der Waals surface area contributed by atoms with Crippen molar-refractivity contribution in [1.82, 2.24) is 24.5 Å². The van der Waals surface area contributed by atoms with E-state index in [0.717, 1.165) is 17.4 Å². The van der Waals surface area contributed by atoms with Crippen molar-refractivity contribution in [3.8, 4) is 0 Å². The van der Waals surface area contributed by atoms with Crippen LogP contribution in [0.2, 0.25) is 0 Å². The van der Waals surface area contributed by atoms with Gasteiger partial charge in [-0.1, -0.05) is 17.8 Å². The van der Waals surface area contributed by atoms with E-state index in [1.54, 1.807) is 35.5 Å². The summed E-state index contributed by atoms with van der Waals surface area (Å²) in [6.07, 6.45) is 4.07. The van der Waals surface area contributed by atoms with Gasteiger partial charge >= 0.3 is 0 Å². The number of nitrogens with zero attached hydrogens (tertiary/aromatic N) is 5. The summed E-state index contributed by atoms with van der Waals surface area (Å²) in [5.74, 6) is 1.27. The van der Waals surface area contributed by atoms with Crippen LogP contribution in [0.4, 0.5) is 0 Å². The zero-order valence-corrected chi connectivity index (χ0v) is 13.9. The Morgan fingerprint density at radius 2 is 2.23 bits per heavy atom. The summed E-state index contributed by atoms with van der Waals surface area (Å²) in [5, 5.41) is 15.2. The van der Waals surface area contributed by atoms with Crippen LogP contribution in [-0.4, -0.2) is 36.1 Å². The molecule has 8 heteroatoms. The van der Waals surface area contributed by atoms with Gasteiger partial charge in [-0.3, -0.25) is 9.48 Å². The van der Waals surface area contributed by atoms with E-state index >= 15 is 0 Å². The molecule has 3 rings (SSSR count). The van der Waals surface area contributed by atoms with Crippen LogP contribution in [0.5, 0.6) is 0 Å². The third-order valence-electron chi connectivity index (χ3n) is 3.20. The SMILES string of the molecule is Cn1cc(C(=O)CSc2nnc(Cc3cccs3)n2C)cn1. The summed E-state index contributed by atoms with van der Waals surface area (Å²) in [5.41, 5.74) is 0.621. The Balaban J connectivity index is 1.63. The van der Waals surface area contributed by atoms with Crippen LogP contribution in [0, 0.1) is 0 Å². The average molecular weight is 333 g/mol. The highest BCUT2D eigenvalue weighted by Gasteiger charge is 2.14. The minimum absolute atomic E-state index is 0.0425. The Morgan fingerprint density at radius 3 is 2.91 bits per heavy atom. The lowest BCUT2D eigenvalue weighted by molar-refractivity contribution is 0.102. The van der Waals surface area contributed by atoms with E-state index in [0.29, 0.717) is 11.3 Å². The molecule has 0 unspecified atom stereocenters. The van der Waals surface area contributed by atoms with Crippen molar-refractivity contribution in [3.05, 3.63) is 46.2 Å². The molecule has 0 bridgehead atoms. The molecule has 0 fully saturated rings. The number of rotatable bonds is 6. The van der Waals surface area contributed by atoms with Gasteiger partial charge in [-0.25, -0.2) is 0 Å². The maximum Gasteiger partial charge on any atom is 0.191 e. The van der Waals surface area contributed by atoms with Crippen LogP contribution in [0.25, 0.3) is 0 Å². The molecule has 0 aromatic carbocycles. The largest absolute Gasteiger partial charge is 0.309 e. The maximum absolute atomic E-state index is 12.1. The number of aryl methyl sites for hydroxylation is 1. The second-order valence-corrected chi connectivity index (χ2v) is 6.80. The fraction of sp³-hybridized carbons (Fsp3) is 0.286. The highest BCUT2D eigenvalue weighted by atomic mass is 32.2. The van der Waals surface area contributed by atoms with Gasteiger partial charge in [-0.2, -0.15) is 5.10 Å². The molecule has 22 heavy (non-hydrogen) atoms. The Bertz CT molecular complexity index is 775. The number of ketones is 1. The van der Waals surface area contributed by atoms with Gasteiger partial charge in [0.25, 0.3) is 0 Å². The number of hydrogen-bond donors (Lipinski definition) is 0. The lowest BCUT2D eigenvalue weighted by Gasteiger charge is -2.02. The summed E-state index contributed by atoms with van der Waals surface area (Å²) in [7, 11) is 3.73. The van der Waals surface area contributed by atoms with Crippen molar-refractivity contribution in [2.75, 3.05) is 5.75 Å². The molecule has 0 atom stereocenters. The van der Waals surface area contributed by atoms with Crippen LogP contribution in [-0.2, 0) is 20.5 Å². The monoisotopic (exact) mass is 333 g/mol. The Labute approximate surface area is 136 Å². The predicted octanol–water partition coefficient (Wildman–Crippen LogP) is 2.18. The summed E-state index contributed by atoms with van der Waals surface area (Å²) in [6, 6.07) is 4.11. The summed E-state index contributed by atoms with van der Waals surface area (Å²) in [4.78, 5) is 13.3. The highest BCUT2D eigenvalue weighted by Crippen LogP contribution is 2.20. The molecule has 3 heterocycles. The van der Waals surface area contributed by atoms with Gasteiger partial charge in [-0.05, 0) is 11.4 Å². The van der Waals surface area contributed by atoms with E-state index in [4.69, 9.17) is 0 Å². The number of carbonyl (C=O) groups is 1. The van der Waals surface area contributed by atoms with Crippen molar-refractivity contribution >= 4 is 28.9 Å². The molecule has 6 nitrogen and oxygen atoms in total. The molecule has 3 aromatic rings. The topological polar surface area (TPSA) is 65.6 Å². The highest BCUT2D eigenvalue weighted by molar-refractivity contribution is 7.99. The molecule has 114 valence electrons. The third kappa shape index (κ3) is 3.28. The van der Waals surface area contributed by atoms with E-state index in [9.17, 15) is 4.79 Å². The Kier molecular flexibility index (Phi) is 4.39. The molecular weight excluding hydrogens is 318 g/mol. The van der Waals surface area contributed by atoms with Crippen molar-refractivity contribution in [3.63, 3.8) is 0 Å². The van der Waals surface area contributed by atoms with E-state index in [1.807, 2.05) is 23.1 Å². The fourth-order valence-electron chi connectivity index (χ4n) is 1.97. The molecule has 0 saturated heterocycles. The average Bonchev–Trinajstić information content (AvgIpc) is 3.22. The Hall–Kier alpha value is -1.93. The van der Waals surface area contributed by atoms with Gasteiger partial charge in [0.2, 0.25) is 0 Å². The minimum Gasteiger partial charge on any atom is -0.309 e. The first-order valence-corrected chi connectivity index (χ1v) is 8.55. The normalized spacial score (nSPS) is 11.0. The van der Waals surface area contributed by atoms with E-state index in [-0.39, 0.29) is 5.78 Å². The molecule has 0 aliphatic rings. The molecule has 0 N–H and O–H groups in total. The smallest absolute Gasteiger partial charge is 0.191 e. The zero-order valence-electron chi connectivity index (χ0n) is 12.3. The first kappa shape index (κ1) is 15.0. The van der Waals surface area contributed by atoms with Crippen LogP contribution >= 0.6 is 23.1 Å². The molecule has 0 spiro atoms. The summed E-state index contributed by atoms with van der Waals surface area (Å²) >= 11 is 3.10. The van der Waals surface area contributed by atoms with Crippen molar-refractivity contribution in [1.29, 1.82) is 0 Å². The molecule has 0 aliphatic carbocycles. The lowest BCUT2D eigenvalue weighted by atomic mass is 10.3. The molecule has 0 aliphatic heterocycles. The number of hydrogen-bond acceptors (Lipinski definition) is 6. The molecule has 0 amide bonds. The number of aromatic nitrogens is 5. The van der Waals surface area contributed by atoms with Crippen molar-refractivity contribution in [2.24, 2.45) is 14.1 Å². The number of thioether (sulfide) groups is 1. The quantitative estimate of drug-likeness (QED) is 0.511. The molecule has 0 radical (unpaired) electrons. The fourth-order valence-corrected chi connectivity index (χ4v) is 3.50. The summed E-state index contributed by atoms with van der Waals surface area (Å²) < 4.78 is 3.57. The first-order valence-electron chi connectivity index (χ1n) is 6.69. The minimum atomic E-state index is 0.0425. The number of Topliss-reactive ketones (excluding diaryl/α,β-unsaturated/α-hetero) is 1. The molecule has 3 aromatic heterocycles. The van der Waals surface area contributed by atoms with Crippen molar-refractivity contribution in [2.45, 2.75) is 11.6 Å². The summed E-state index contributed by atoms with van der Waals surface area (Å²) in [6.45, 7) is 0. The van der Waals surface area contributed by atoms with Gasteiger partial charge in [0.15, 0.2) is 10.9 Å². The van der Waals surface area contributed by atoms with Crippen LogP contribution in [0.1, 0.15) is 21.1 Å². The van der Waals surface area contributed by atoms with Crippen molar-refractivity contribution < 1.29 is 4.79 Å². The zero-order chi connectivity index (χ0) is 15.5. The van der Waals surface area contributed by atoms with Gasteiger partial charge in [0.1, 0.15) is 5.82 Å². The molecule has 0 saturated carbocycles. The first-order chi connectivity index (χ1) is 10.6. The number of thiophene rings is 1. The van der Waals surface area contributed by atoms with E-state index in [1.165, 1.54) is 16.6 Å². The second kappa shape index (κ2) is 6.45. The van der Waals surface area contributed by atoms with E-state index < -0.39 is 0 Å². The lowest BCUT2D eigenvalue weighted by Crippen LogP contribution is -2.04. The second-order valence-electron chi connectivity index (χ2n) is 4.83. The van der Waals surface area contributed by atoms with Crippen LogP contribution in [0.15, 0.2) is 35.1 Å². The standard InChI is InChI=1S/C14H15N5OS2/c1-18-8-10(7-15-18)12(20)9-22-14-17-16-13(19(14)2)6-11-4-3-5-21-11/h3-5,7-8H,6,9H2,1-2H3. The van der Waals surface area contributed by atoms with E-state index in [2.05, 4.69) is 21.4 Å². The van der Waals surface area contributed by atoms with Gasteiger partial charge in [0, 0.05) is 31.6 Å². The Morgan fingerprint density at radius 1 is 1.36 bits per heavy atom. The number of carbonyl (C=O) groups excluding carboxylic acids is 1. The molecular formula is C14H15N5OS2.